The van der Waals surface area contributed by atoms with Crippen LogP contribution in [0, 0.1) is 0 Å². The average molecular weight is 285 g/mol. The fourth-order valence-corrected chi connectivity index (χ4v) is 3.34. The van der Waals surface area contributed by atoms with Crippen molar-refractivity contribution < 1.29 is 0 Å². The van der Waals surface area contributed by atoms with Gasteiger partial charge in [0.25, 0.3) is 0 Å². The van der Waals surface area contributed by atoms with Gasteiger partial charge in [-0.15, -0.1) is 0 Å². The molecule has 1 unspecified atom stereocenters. The lowest BCUT2D eigenvalue weighted by Crippen LogP contribution is -2.24. The number of benzene rings is 1. The van der Waals surface area contributed by atoms with E-state index < -0.39 is 0 Å². The zero-order valence-corrected chi connectivity index (χ0v) is 13.7. The summed E-state index contributed by atoms with van der Waals surface area (Å²) in [5, 5.41) is 1.39. The van der Waals surface area contributed by atoms with Crippen LogP contribution in [0.15, 0.2) is 18.3 Å². The Morgan fingerprint density at radius 2 is 1.86 bits per heavy atom. The molecule has 1 aromatic carbocycles. The molecule has 0 aliphatic carbocycles. The Labute approximate surface area is 127 Å². The molecule has 0 bridgehead atoms. The van der Waals surface area contributed by atoms with Crippen LogP contribution in [0.2, 0.25) is 0 Å². The quantitative estimate of drug-likeness (QED) is 0.936. The van der Waals surface area contributed by atoms with Gasteiger partial charge in [-0.05, 0) is 55.5 Å². The minimum absolute atomic E-state index is 0.260. The van der Waals surface area contributed by atoms with Crippen molar-refractivity contribution in [2.75, 3.05) is 0 Å². The smallest absolute Gasteiger partial charge is 0.0484 e. The monoisotopic (exact) mass is 285 g/mol. The number of nitrogens with zero attached hydrogens (tertiary/aromatic N) is 2. The molecule has 0 saturated carbocycles. The summed E-state index contributed by atoms with van der Waals surface area (Å²) in [6, 6.07) is 5.66. The van der Waals surface area contributed by atoms with Gasteiger partial charge in [0.2, 0.25) is 0 Å². The van der Waals surface area contributed by atoms with E-state index in [0.717, 1.165) is 25.9 Å². The lowest BCUT2D eigenvalue weighted by molar-refractivity contribution is 0.227. The highest BCUT2D eigenvalue weighted by Crippen LogP contribution is 2.31. The molecule has 2 N–H and O–H groups in total. The van der Waals surface area contributed by atoms with Crippen LogP contribution < -0.4 is 5.73 Å². The van der Waals surface area contributed by atoms with Crippen LogP contribution in [0.4, 0.5) is 0 Å². The third kappa shape index (κ3) is 2.60. The first-order valence-corrected chi connectivity index (χ1v) is 8.09. The van der Waals surface area contributed by atoms with E-state index in [1.54, 1.807) is 0 Å². The minimum atomic E-state index is 0.260. The van der Waals surface area contributed by atoms with E-state index in [9.17, 15) is 0 Å². The van der Waals surface area contributed by atoms with E-state index in [-0.39, 0.29) is 6.04 Å². The molecular weight excluding hydrogens is 258 g/mol. The zero-order chi connectivity index (χ0) is 15.1. The highest BCUT2D eigenvalue weighted by molar-refractivity contribution is 5.86. The van der Waals surface area contributed by atoms with Gasteiger partial charge in [-0.1, -0.05) is 6.92 Å². The van der Waals surface area contributed by atoms with Gasteiger partial charge in [-0.3, -0.25) is 4.90 Å². The second-order valence-electron chi connectivity index (χ2n) is 6.77. The Balaban J connectivity index is 2.01. The maximum absolute atomic E-state index is 6.16. The summed E-state index contributed by atoms with van der Waals surface area (Å²) < 4.78 is 2.26. The average Bonchev–Trinajstić information content (AvgIpc) is 2.99. The summed E-state index contributed by atoms with van der Waals surface area (Å²) in [7, 11) is 2.14. The predicted molar refractivity (Wildman–Crippen MR) is 89.3 cm³/mol. The first-order chi connectivity index (χ1) is 9.99. The lowest BCUT2D eigenvalue weighted by atomic mass is 10.0. The molecular formula is C18H27N3. The Hall–Kier alpha value is -1.32. The van der Waals surface area contributed by atoms with Gasteiger partial charge in [0.15, 0.2) is 0 Å². The summed E-state index contributed by atoms with van der Waals surface area (Å²) in [5.74, 6) is 0. The van der Waals surface area contributed by atoms with Crippen LogP contribution in [0.25, 0.3) is 10.9 Å². The Morgan fingerprint density at radius 3 is 2.48 bits per heavy atom. The Kier molecular flexibility index (Phi) is 3.80. The van der Waals surface area contributed by atoms with Crippen molar-refractivity contribution in [3.05, 3.63) is 35.0 Å². The van der Waals surface area contributed by atoms with Crippen LogP contribution in [-0.4, -0.2) is 21.6 Å². The maximum atomic E-state index is 6.16. The first-order valence-electron chi connectivity index (χ1n) is 8.09. The fraction of sp³-hybridized carbons (Fsp3) is 0.556. The highest BCUT2D eigenvalue weighted by Gasteiger charge is 2.23. The molecule has 2 aromatic rings. The van der Waals surface area contributed by atoms with Crippen LogP contribution >= 0.6 is 0 Å². The fourth-order valence-electron chi connectivity index (χ4n) is 3.34. The van der Waals surface area contributed by atoms with E-state index in [1.807, 2.05) is 0 Å². The second kappa shape index (κ2) is 5.47. The topological polar surface area (TPSA) is 34.2 Å². The zero-order valence-electron chi connectivity index (χ0n) is 13.7. The van der Waals surface area contributed by atoms with E-state index in [2.05, 4.69) is 55.6 Å². The SMILES string of the molecule is CCC(N)Cc1cn(C)c2cc3c(cc12)CN(C(C)C)C3. The normalized spacial score (nSPS) is 16.9. The van der Waals surface area contributed by atoms with Crippen molar-refractivity contribution in [1.29, 1.82) is 0 Å². The molecule has 0 amide bonds. The van der Waals surface area contributed by atoms with Gasteiger partial charge in [0.1, 0.15) is 0 Å². The van der Waals surface area contributed by atoms with Gasteiger partial charge in [0.05, 0.1) is 0 Å². The van der Waals surface area contributed by atoms with Gasteiger partial charge < -0.3 is 10.3 Å². The third-order valence-electron chi connectivity index (χ3n) is 4.88. The number of fused-ring (bicyclic) bond motifs is 2. The molecule has 1 aromatic heterocycles. The van der Waals surface area contributed by atoms with E-state index in [4.69, 9.17) is 5.73 Å². The van der Waals surface area contributed by atoms with Crippen LogP contribution in [0.3, 0.4) is 0 Å². The number of hydrogen-bond donors (Lipinski definition) is 1. The molecule has 0 radical (unpaired) electrons. The summed E-state index contributed by atoms with van der Waals surface area (Å²) in [6.07, 6.45) is 4.26. The van der Waals surface area contributed by atoms with Crippen LogP contribution in [0.1, 0.15) is 43.9 Å². The molecule has 3 nitrogen and oxygen atoms in total. The van der Waals surface area contributed by atoms with Gasteiger partial charge >= 0.3 is 0 Å². The van der Waals surface area contributed by atoms with Crippen molar-refractivity contribution in [2.45, 2.75) is 58.8 Å². The highest BCUT2D eigenvalue weighted by atomic mass is 15.2. The van der Waals surface area contributed by atoms with Crippen LogP contribution in [-0.2, 0) is 26.6 Å². The number of nitrogens with two attached hydrogens (primary N) is 1. The van der Waals surface area contributed by atoms with Crippen molar-refractivity contribution in [2.24, 2.45) is 12.8 Å². The predicted octanol–water partition coefficient (Wildman–Crippen LogP) is 3.18. The summed E-state index contributed by atoms with van der Waals surface area (Å²) >= 11 is 0. The molecule has 2 heterocycles. The van der Waals surface area contributed by atoms with Crippen molar-refractivity contribution in [3.63, 3.8) is 0 Å². The standard InChI is InChI=1S/C18H27N3/c1-5-16(19)6-15-9-20(4)18-8-14-11-21(12(2)3)10-13(14)7-17(15)18/h7-9,12,16H,5-6,10-11,19H2,1-4H3. The number of hydrogen-bond acceptors (Lipinski definition) is 2. The van der Waals surface area contributed by atoms with Gasteiger partial charge in [-0.25, -0.2) is 0 Å². The summed E-state index contributed by atoms with van der Waals surface area (Å²) in [4.78, 5) is 2.53. The second-order valence-corrected chi connectivity index (χ2v) is 6.77. The molecule has 1 atom stereocenters. The van der Waals surface area contributed by atoms with E-state index >= 15 is 0 Å². The summed E-state index contributed by atoms with van der Waals surface area (Å²) in [6.45, 7) is 8.87. The van der Waals surface area contributed by atoms with E-state index in [1.165, 1.54) is 27.6 Å². The first kappa shape index (κ1) is 14.6. The van der Waals surface area contributed by atoms with Gasteiger partial charge in [-0.2, -0.15) is 0 Å². The molecule has 1 aliphatic rings. The largest absolute Gasteiger partial charge is 0.350 e. The van der Waals surface area contributed by atoms with Crippen molar-refractivity contribution >= 4 is 10.9 Å². The number of aryl methyl sites for hydroxylation is 1. The minimum Gasteiger partial charge on any atom is -0.350 e. The molecule has 0 saturated heterocycles. The number of aromatic nitrogens is 1. The molecule has 0 spiro atoms. The number of rotatable bonds is 4. The van der Waals surface area contributed by atoms with E-state index in [0.29, 0.717) is 6.04 Å². The molecule has 114 valence electrons. The maximum Gasteiger partial charge on any atom is 0.0484 e. The molecule has 21 heavy (non-hydrogen) atoms. The molecule has 1 aliphatic heterocycles. The molecule has 0 fully saturated rings. The van der Waals surface area contributed by atoms with Crippen molar-refractivity contribution in [3.8, 4) is 0 Å². The Morgan fingerprint density at radius 1 is 1.19 bits per heavy atom. The molecule has 3 heteroatoms. The van der Waals surface area contributed by atoms with Gasteiger partial charge in [0, 0.05) is 49.3 Å². The Bertz CT molecular complexity index is 654. The lowest BCUT2D eigenvalue weighted by Gasteiger charge is -2.18. The summed E-state index contributed by atoms with van der Waals surface area (Å²) in [5.41, 5.74) is 11.9. The van der Waals surface area contributed by atoms with Crippen molar-refractivity contribution in [1.82, 2.24) is 9.47 Å². The third-order valence-corrected chi connectivity index (χ3v) is 4.88. The van der Waals surface area contributed by atoms with Crippen LogP contribution in [0.5, 0.6) is 0 Å². The molecule has 3 rings (SSSR count).